The lowest BCUT2D eigenvalue weighted by Crippen LogP contribution is -2.24. The van der Waals surface area contributed by atoms with E-state index in [2.05, 4.69) is 10.3 Å². The van der Waals surface area contributed by atoms with Crippen LogP contribution in [0, 0.1) is 6.92 Å². The zero-order valence-corrected chi connectivity index (χ0v) is 15.4. The number of hydrogen-bond donors (Lipinski definition) is 1. The average Bonchev–Trinajstić information content (AvgIpc) is 3.34. The number of carbonyl (C=O) groups is 3. The van der Waals surface area contributed by atoms with Gasteiger partial charge >= 0.3 is 0 Å². The van der Waals surface area contributed by atoms with Crippen molar-refractivity contribution in [3.63, 3.8) is 0 Å². The summed E-state index contributed by atoms with van der Waals surface area (Å²) in [7, 11) is 1.43. The van der Waals surface area contributed by atoms with Crippen molar-refractivity contribution < 1.29 is 18.8 Å². The maximum Gasteiger partial charge on any atom is 0.261 e. The van der Waals surface area contributed by atoms with Crippen LogP contribution in [0.1, 0.15) is 32.2 Å². The molecule has 3 heterocycles. The van der Waals surface area contributed by atoms with Gasteiger partial charge in [-0.15, -0.1) is 11.3 Å². The number of hydrogen-bond acceptors (Lipinski definition) is 6. The minimum atomic E-state index is -0.376. The van der Waals surface area contributed by atoms with E-state index in [-0.39, 0.29) is 29.7 Å². The van der Waals surface area contributed by atoms with E-state index in [0.29, 0.717) is 28.6 Å². The maximum absolute atomic E-state index is 12.4. The average molecular weight is 381 g/mol. The van der Waals surface area contributed by atoms with E-state index in [1.807, 2.05) is 17.5 Å². The number of thiophene rings is 1. The Morgan fingerprint density at radius 2 is 2.00 bits per heavy atom. The molecule has 3 aromatic rings. The molecule has 0 saturated heterocycles. The summed E-state index contributed by atoms with van der Waals surface area (Å²) in [6.45, 7) is 1.77. The Bertz CT molecular complexity index is 1070. The van der Waals surface area contributed by atoms with Crippen LogP contribution in [0.15, 0.2) is 40.1 Å². The topological polar surface area (TPSA) is 92.5 Å². The molecule has 1 aliphatic heterocycles. The smallest absolute Gasteiger partial charge is 0.261 e. The fraction of sp³-hybridized carbons (Fsp3) is 0.158. The molecule has 0 radical (unpaired) electrons. The first-order valence-electron chi connectivity index (χ1n) is 8.20. The number of nitrogens with zero attached hydrogens (tertiary/aromatic N) is 2. The second-order valence-corrected chi connectivity index (χ2v) is 7.10. The largest absolute Gasteiger partial charge is 0.440 e. The molecule has 0 atom stereocenters. The molecule has 3 amide bonds. The molecule has 136 valence electrons. The molecule has 1 aromatic carbocycles. The molecule has 0 unspecified atom stereocenters. The van der Waals surface area contributed by atoms with E-state index in [0.717, 1.165) is 9.78 Å². The van der Waals surface area contributed by atoms with Crippen LogP contribution in [-0.4, -0.2) is 34.7 Å². The number of fused-ring (bicyclic) bond motifs is 1. The predicted octanol–water partition coefficient (Wildman–Crippen LogP) is 3.12. The molecule has 8 heteroatoms. The number of rotatable bonds is 4. The van der Waals surface area contributed by atoms with Crippen molar-refractivity contribution in [3.8, 4) is 10.8 Å². The summed E-state index contributed by atoms with van der Waals surface area (Å²) in [5.74, 6) is 0.0836. The Labute approximate surface area is 158 Å². The summed E-state index contributed by atoms with van der Waals surface area (Å²) in [5.41, 5.74) is 1.64. The highest BCUT2D eigenvalue weighted by Crippen LogP contribution is 2.27. The fourth-order valence-electron chi connectivity index (χ4n) is 2.89. The number of nitrogens with one attached hydrogen (secondary N) is 1. The van der Waals surface area contributed by atoms with Crippen molar-refractivity contribution in [1.29, 1.82) is 0 Å². The van der Waals surface area contributed by atoms with Crippen LogP contribution in [0.3, 0.4) is 0 Å². The van der Waals surface area contributed by atoms with E-state index in [9.17, 15) is 14.4 Å². The number of amides is 3. The molecule has 1 aliphatic rings. The zero-order chi connectivity index (χ0) is 19.1. The monoisotopic (exact) mass is 381 g/mol. The zero-order valence-electron chi connectivity index (χ0n) is 14.6. The van der Waals surface area contributed by atoms with Crippen molar-refractivity contribution in [1.82, 2.24) is 9.88 Å². The maximum atomic E-state index is 12.4. The summed E-state index contributed by atoms with van der Waals surface area (Å²) in [6.07, 6.45) is 0.0462. The van der Waals surface area contributed by atoms with Gasteiger partial charge in [0.15, 0.2) is 0 Å². The molecule has 2 aromatic heterocycles. The Morgan fingerprint density at radius 1 is 1.22 bits per heavy atom. The molecular formula is C19H15N3O4S. The van der Waals surface area contributed by atoms with Crippen LogP contribution in [0.4, 0.5) is 5.69 Å². The Hall–Kier alpha value is -3.26. The highest BCUT2D eigenvalue weighted by atomic mass is 32.1. The van der Waals surface area contributed by atoms with Gasteiger partial charge in [-0.1, -0.05) is 6.07 Å². The van der Waals surface area contributed by atoms with Gasteiger partial charge in [0.2, 0.25) is 11.8 Å². The first-order chi connectivity index (χ1) is 12.9. The normalized spacial score (nSPS) is 13.2. The summed E-state index contributed by atoms with van der Waals surface area (Å²) in [4.78, 5) is 42.7. The third-order valence-electron chi connectivity index (χ3n) is 4.33. The van der Waals surface area contributed by atoms with E-state index < -0.39 is 0 Å². The second kappa shape index (κ2) is 6.48. The van der Waals surface area contributed by atoms with Crippen LogP contribution in [0.25, 0.3) is 10.8 Å². The van der Waals surface area contributed by atoms with Gasteiger partial charge in [-0.05, 0) is 36.6 Å². The van der Waals surface area contributed by atoms with Crippen molar-refractivity contribution in [2.75, 3.05) is 12.4 Å². The van der Waals surface area contributed by atoms with Gasteiger partial charge in [-0.2, -0.15) is 0 Å². The number of carbonyl (C=O) groups excluding carboxylic acids is 3. The minimum absolute atomic E-state index is 0.0462. The number of imide groups is 1. The van der Waals surface area contributed by atoms with E-state index >= 15 is 0 Å². The SMILES string of the molecule is Cc1oc(-c2cccs2)nc1CC(=O)Nc1ccc2c(c1)C(=O)N(C)C2=O. The third kappa shape index (κ3) is 3.04. The molecule has 0 aliphatic carbocycles. The number of aromatic nitrogens is 1. The molecule has 0 spiro atoms. The molecule has 7 nitrogen and oxygen atoms in total. The van der Waals surface area contributed by atoms with Crippen LogP contribution in [0.2, 0.25) is 0 Å². The first kappa shape index (κ1) is 17.2. The van der Waals surface area contributed by atoms with Crippen molar-refractivity contribution in [2.24, 2.45) is 0 Å². The Morgan fingerprint density at radius 3 is 2.74 bits per heavy atom. The number of anilines is 1. The lowest BCUT2D eigenvalue weighted by Gasteiger charge is -2.05. The number of oxazole rings is 1. The van der Waals surface area contributed by atoms with Gasteiger partial charge in [0, 0.05) is 12.7 Å². The quantitative estimate of drug-likeness (QED) is 0.701. The van der Waals surface area contributed by atoms with E-state index in [4.69, 9.17) is 4.42 Å². The molecule has 0 saturated carbocycles. The third-order valence-corrected chi connectivity index (χ3v) is 5.18. The van der Waals surface area contributed by atoms with Crippen LogP contribution in [0.5, 0.6) is 0 Å². The molecular weight excluding hydrogens is 366 g/mol. The van der Waals surface area contributed by atoms with Gasteiger partial charge in [0.05, 0.1) is 28.1 Å². The standard InChI is InChI=1S/C19H15N3O4S/c1-10-14(21-17(26-10)15-4-3-7-27-15)9-16(23)20-11-5-6-12-13(8-11)19(25)22(2)18(12)24/h3-8H,9H2,1-2H3,(H,20,23). The van der Waals surface area contributed by atoms with Crippen molar-refractivity contribution in [3.05, 3.63) is 58.3 Å². The highest BCUT2D eigenvalue weighted by Gasteiger charge is 2.32. The predicted molar refractivity (Wildman–Crippen MR) is 99.8 cm³/mol. The lowest BCUT2D eigenvalue weighted by molar-refractivity contribution is -0.115. The van der Waals surface area contributed by atoms with Gasteiger partial charge in [0.1, 0.15) is 5.76 Å². The minimum Gasteiger partial charge on any atom is -0.440 e. The second-order valence-electron chi connectivity index (χ2n) is 6.15. The molecule has 4 rings (SSSR count). The van der Waals surface area contributed by atoms with Gasteiger partial charge in [0.25, 0.3) is 11.8 Å². The summed E-state index contributed by atoms with van der Waals surface area (Å²) < 4.78 is 5.64. The van der Waals surface area contributed by atoms with Gasteiger partial charge in [-0.25, -0.2) is 4.98 Å². The van der Waals surface area contributed by atoms with Gasteiger partial charge in [-0.3, -0.25) is 19.3 Å². The summed E-state index contributed by atoms with van der Waals surface area (Å²) >= 11 is 1.51. The first-order valence-corrected chi connectivity index (χ1v) is 9.08. The summed E-state index contributed by atoms with van der Waals surface area (Å²) in [6, 6.07) is 8.48. The molecule has 1 N–H and O–H groups in total. The highest BCUT2D eigenvalue weighted by molar-refractivity contribution is 7.13. The number of benzene rings is 1. The van der Waals surface area contributed by atoms with Gasteiger partial charge < -0.3 is 9.73 Å². The fourth-order valence-corrected chi connectivity index (χ4v) is 3.54. The van der Waals surface area contributed by atoms with Crippen molar-refractivity contribution in [2.45, 2.75) is 13.3 Å². The van der Waals surface area contributed by atoms with Crippen LogP contribution >= 0.6 is 11.3 Å². The van der Waals surface area contributed by atoms with Crippen molar-refractivity contribution >= 4 is 34.7 Å². The Kier molecular flexibility index (Phi) is 4.12. The summed E-state index contributed by atoms with van der Waals surface area (Å²) in [5, 5.41) is 4.67. The number of aryl methyl sites for hydroxylation is 1. The lowest BCUT2D eigenvalue weighted by atomic mass is 10.1. The van der Waals surface area contributed by atoms with E-state index in [1.54, 1.807) is 19.1 Å². The molecule has 27 heavy (non-hydrogen) atoms. The van der Waals surface area contributed by atoms with E-state index in [1.165, 1.54) is 24.5 Å². The van der Waals surface area contributed by atoms with Crippen LogP contribution in [-0.2, 0) is 11.2 Å². The Balaban J connectivity index is 1.50. The molecule has 0 bridgehead atoms. The molecule has 0 fully saturated rings. The van der Waals surface area contributed by atoms with Crippen LogP contribution < -0.4 is 5.32 Å².